The van der Waals surface area contributed by atoms with E-state index in [1.165, 1.54) is 32.1 Å². The smallest absolute Gasteiger partial charge is 0.121 e. The van der Waals surface area contributed by atoms with Crippen molar-refractivity contribution in [2.24, 2.45) is 0 Å². The van der Waals surface area contributed by atoms with Crippen LogP contribution in [0.4, 0.5) is 5.82 Å². The summed E-state index contributed by atoms with van der Waals surface area (Å²) in [4.78, 5) is 0. The molecule has 3 heteroatoms. The van der Waals surface area contributed by atoms with Gasteiger partial charge in [-0.2, -0.15) is 5.10 Å². The lowest BCUT2D eigenvalue weighted by molar-refractivity contribution is 0.333. The van der Waals surface area contributed by atoms with Gasteiger partial charge in [-0.1, -0.05) is 19.3 Å². The average molecular weight is 165 g/mol. The monoisotopic (exact) mass is 165 g/mol. The highest BCUT2D eigenvalue weighted by Crippen LogP contribution is 2.28. The minimum atomic E-state index is 0.564. The topological polar surface area (TPSA) is 43.8 Å². The fourth-order valence-electron chi connectivity index (χ4n) is 1.96. The SMILES string of the molecule is Nc1ccnn1C1CCCCC1. The highest BCUT2D eigenvalue weighted by Gasteiger charge is 2.16. The second-order valence-electron chi connectivity index (χ2n) is 3.49. The third-order valence-corrected chi connectivity index (χ3v) is 2.62. The Morgan fingerprint density at radius 1 is 1.33 bits per heavy atom. The van der Waals surface area contributed by atoms with E-state index in [1.807, 2.05) is 10.7 Å². The van der Waals surface area contributed by atoms with E-state index in [9.17, 15) is 0 Å². The molecule has 1 aromatic heterocycles. The summed E-state index contributed by atoms with van der Waals surface area (Å²) in [6, 6.07) is 2.43. The predicted molar refractivity (Wildman–Crippen MR) is 48.8 cm³/mol. The first-order chi connectivity index (χ1) is 5.88. The molecular weight excluding hydrogens is 150 g/mol. The van der Waals surface area contributed by atoms with Gasteiger partial charge in [-0.15, -0.1) is 0 Å². The van der Waals surface area contributed by atoms with E-state index < -0.39 is 0 Å². The summed E-state index contributed by atoms with van der Waals surface area (Å²) in [5, 5.41) is 4.23. The fraction of sp³-hybridized carbons (Fsp3) is 0.667. The number of anilines is 1. The van der Waals surface area contributed by atoms with E-state index in [4.69, 9.17) is 5.73 Å². The Hall–Kier alpha value is -0.990. The van der Waals surface area contributed by atoms with Crippen molar-refractivity contribution in [3.63, 3.8) is 0 Å². The quantitative estimate of drug-likeness (QED) is 0.691. The molecule has 0 spiro atoms. The summed E-state index contributed by atoms with van der Waals surface area (Å²) in [6.07, 6.45) is 8.29. The molecule has 0 atom stereocenters. The van der Waals surface area contributed by atoms with Crippen LogP contribution in [-0.2, 0) is 0 Å². The molecule has 0 amide bonds. The van der Waals surface area contributed by atoms with Gasteiger partial charge < -0.3 is 5.73 Å². The van der Waals surface area contributed by atoms with E-state index in [-0.39, 0.29) is 0 Å². The lowest BCUT2D eigenvalue weighted by Crippen LogP contribution is -2.15. The Morgan fingerprint density at radius 2 is 2.08 bits per heavy atom. The minimum Gasteiger partial charge on any atom is -0.384 e. The number of aromatic nitrogens is 2. The molecule has 0 unspecified atom stereocenters. The van der Waals surface area contributed by atoms with Gasteiger partial charge in [0, 0.05) is 0 Å². The normalized spacial score (nSPS) is 19.7. The lowest BCUT2D eigenvalue weighted by Gasteiger charge is -2.22. The predicted octanol–water partition coefficient (Wildman–Crippen LogP) is 1.97. The van der Waals surface area contributed by atoms with Gasteiger partial charge in [-0.25, -0.2) is 4.68 Å². The van der Waals surface area contributed by atoms with Crippen LogP contribution in [0.3, 0.4) is 0 Å². The first-order valence-electron chi connectivity index (χ1n) is 4.67. The number of hydrogen-bond donors (Lipinski definition) is 1. The Kier molecular flexibility index (Phi) is 2.02. The summed E-state index contributed by atoms with van der Waals surface area (Å²) >= 11 is 0. The molecule has 1 fully saturated rings. The van der Waals surface area contributed by atoms with Crippen LogP contribution in [-0.4, -0.2) is 9.78 Å². The molecule has 12 heavy (non-hydrogen) atoms. The van der Waals surface area contributed by atoms with E-state index in [0.29, 0.717) is 6.04 Å². The van der Waals surface area contributed by atoms with Crippen molar-refractivity contribution in [3.8, 4) is 0 Å². The number of nitrogens with two attached hydrogens (primary N) is 1. The molecule has 0 aromatic carbocycles. The molecule has 2 N–H and O–H groups in total. The third-order valence-electron chi connectivity index (χ3n) is 2.62. The van der Waals surface area contributed by atoms with Crippen molar-refractivity contribution in [2.45, 2.75) is 38.1 Å². The maximum absolute atomic E-state index is 5.77. The zero-order valence-electron chi connectivity index (χ0n) is 7.24. The van der Waals surface area contributed by atoms with Crippen LogP contribution in [0.15, 0.2) is 12.3 Å². The Bertz CT molecular complexity index is 248. The van der Waals surface area contributed by atoms with Gasteiger partial charge in [-0.3, -0.25) is 0 Å². The fourth-order valence-corrected chi connectivity index (χ4v) is 1.96. The van der Waals surface area contributed by atoms with Crippen molar-refractivity contribution >= 4 is 5.82 Å². The average Bonchev–Trinajstić information content (AvgIpc) is 2.53. The molecule has 3 nitrogen and oxygen atoms in total. The minimum absolute atomic E-state index is 0.564. The Balaban J connectivity index is 2.13. The van der Waals surface area contributed by atoms with Crippen molar-refractivity contribution in [3.05, 3.63) is 12.3 Å². The molecule has 0 bridgehead atoms. The molecule has 0 saturated heterocycles. The second-order valence-corrected chi connectivity index (χ2v) is 3.49. The van der Waals surface area contributed by atoms with Crippen LogP contribution in [0.2, 0.25) is 0 Å². The molecule has 0 aliphatic heterocycles. The maximum Gasteiger partial charge on any atom is 0.121 e. The van der Waals surface area contributed by atoms with E-state index in [0.717, 1.165) is 5.82 Å². The zero-order valence-corrected chi connectivity index (χ0v) is 7.24. The van der Waals surface area contributed by atoms with Crippen LogP contribution in [0.5, 0.6) is 0 Å². The van der Waals surface area contributed by atoms with Crippen LogP contribution in [0, 0.1) is 0 Å². The zero-order chi connectivity index (χ0) is 8.39. The summed E-state index contributed by atoms with van der Waals surface area (Å²) in [6.45, 7) is 0. The Labute approximate surface area is 72.6 Å². The molecule has 1 aliphatic rings. The van der Waals surface area contributed by atoms with Gasteiger partial charge in [0.05, 0.1) is 12.2 Å². The second kappa shape index (κ2) is 3.17. The van der Waals surface area contributed by atoms with Crippen LogP contribution in [0.1, 0.15) is 38.1 Å². The summed E-state index contributed by atoms with van der Waals surface area (Å²) in [7, 11) is 0. The van der Waals surface area contributed by atoms with Crippen molar-refractivity contribution in [1.29, 1.82) is 0 Å². The molecule has 1 heterocycles. The molecule has 1 saturated carbocycles. The van der Waals surface area contributed by atoms with Crippen LogP contribution < -0.4 is 5.73 Å². The van der Waals surface area contributed by atoms with Crippen LogP contribution in [0.25, 0.3) is 0 Å². The van der Waals surface area contributed by atoms with E-state index in [2.05, 4.69) is 5.10 Å². The molecular formula is C9H15N3. The standard InChI is InChI=1S/C9H15N3/c10-9-6-7-11-12(9)8-4-2-1-3-5-8/h6-8H,1-5,10H2. The number of hydrogen-bond acceptors (Lipinski definition) is 2. The van der Waals surface area contributed by atoms with E-state index >= 15 is 0 Å². The summed E-state index contributed by atoms with van der Waals surface area (Å²) < 4.78 is 1.97. The van der Waals surface area contributed by atoms with Gasteiger partial charge >= 0.3 is 0 Å². The van der Waals surface area contributed by atoms with Gasteiger partial charge in [-0.05, 0) is 18.9 Å². The largest absolute Gasteiger partial charge is 0.384 e. The first kappa shape index (κ1) is 7.65. The molecule has 2 rings (SSSR count). The first-order valence-corrected chi connectivity index (χ1v) is 4.67. The number of nitrogen functional groups attached to an aromatic ring is 1. The van der Waals surface area contributed by atoms with Gasteiger partial charge in [0.25, 0.3) is 0 Å². The van der Waals surface area contributed by atoms with Crippen molar-refractivity contribution in [1.82, 2.24) is 9.78 Å². The third kappa shape index (κ3) is 1.31. The number of rotatable bonds is 1. The van der Waals surface area contributed by atoms with Gasteiger partial charge in [0.1, 0.15) is 5.82 Å². The summed E-state index contributed by atoms with van der Waals surface area (Å²) in [5.41, 5.74) is 5.77. The highest BCUT2D eigenvalue weighted by molar-refractivity contribution is 5.26. The molecule has 1 aliphatic carbocycles. The molecule has 1 aromatic rings. The lowest BCUT2D eigenvalue weighted by atomic mass is 9.96. The Morgan fingerprint density at radius 3 is 2.67 bits per heavy atom. The van der Waals surface area contributed by atoms with Crippen molar-refractivity contribution in [2.75, 3.05) is 5.73 Å². The van der Waals surface area contributed by atoms with Crippen LogP contribution >= 0.6 is 0 Å². The van der Waals surface area contributed by atoms with E-state index in [1.54, 1.807) is 6.20 Å². The summed E-state index contributed by atoms with van der Waals surface area (Å²) in [5.74, 6) is 0.807. The van der Waals surface area contributed by atoms with Gasteiger partial charge in [0.15, 0.2) is 0 Å². The highest BCUT2D eigenvalue weighted by atomic mass is 15.3. The maximum atomic E-state index is 5.77. The van der Waals surface area contributed by atoms with Crippen molar-refractivity contribution < 1.29 is 0 Å². The van der Waals surface area contributed by atoms with Gasteiger partial charge in [0.2, 0.25) is 0 Å². The molecule has 66 valence electrons. The number of nitrogens with zero attached hydrogens (tertiary/aromatic N) is 2. The molecule has 0 radical (unpaired) electrons.